The molecule has 0 spiro atoms. The maximum atomic E-state index is 14.3. The lowest BCUT2D eigenvalue weighted by Gasteiger charge is -2.40. The van der Waals surface area contributed by atoms with Gasteiger partial charge in [-0.1, -0.05) is 30.3 Å². The van der Waals surface area contributed by atoms with Crippen LogP contribution in [0.4, 0.5) is 5.69 Å². The molecule has 0 radical (unpaired) electrons. The molecule has 0 atom stereocenters. The van der Waals surface area contributed by atoms with E-state index in [1.807, 2.05) is 51.1 Å². The highest BCUT2D eigenvalue weighted by Crippen LogP contribution is 2.55. The van der Waals surface area contributed by atoms with Crippen LogP contribution in [0.25, 0.3) is 0 Å². The second-order valence-corrected chi connectivity index (χ2v) is 10.6. The first-order chi connectivity index (χ1) is 15.2. The van der Waals surface area contributed by atoms with Crippen LogP contribution in [-0.2, 0) is 18.6 Å². The molecule has 0 amide bonds. The molecule has 2 aromatic rings. The lowest BCUT2D eigenvalue weighted by molar-refractivity contribution is 0.0440. The van der Waals surface area contributed by atoms with Gasteiger partial charge < -0.3 is 14.0 Å². The molecular weight excluding hydrogens is 435 g/mol. The molecule has 31 heavy (non-hydrogen) atoms. The maximum absolute atomic E-state index is 14.3. The highest BCUT2D eigenvalue weighted by atomic mass is 32.1. The van der Waals surface area contributed by atoms with Gasteiger partial charge in [0, 0.05) is 31.7 Å². The molecule has 0 bridgehead atoms. The minimum atomic E-state index is -3.33. The van der Waals surface area contributed by atoms with Crippen LogP contribution in [0.1, 0.15) is 10.4 Å². The Kier molecular flexibility index (Phi) is 6.31. The maximum Gasteiger partial charge on any atom is 0.397 e. The van der Waals surface area contributed by atoms with E-state index in [4.69, 9.17) is 24.0 Å². The van der Waals surface area contributed by atoms with Gasteiger partial charge in [0.25, 0.3) is 0 Å². The van der Waals surface area contributed by atoms with E-state index in [9.17, 15) is 4.57 Å². The average Bonchev–Trinajstić information content (AvgIpc) is 3.21. The van der Waals surface area contributed by atoms with Crippen molar-refractivity contribution in [2.45, 2.75) is 0 Å². The van der Waals surface area contributed by atoms with Crippen LogP contribution >= 0.6 is 19.0 Å². The fraction of sp³-hybridized carbons (Fsp3) is 0.429. The standard InChI is InChI=1S/C21H25N4O4PS/c26-30(24-7-11-27-12-8-24,25-9-13-28-14-10-25)29-19-16-22-20(17-4-2-1-3-5-17)21-18(23-19)6-15-31-21/h1-6,15H,7-14,16H2. The number of thiophene rings is 1. The normalized spacial score (nSPS) is 21.0. The van der Waals surface area contributed by atoms with Crippen molar-refractivity contribution in [2.75, 3.05) is 59.2 Å². The molecule has 1 aromatic carbocycles. The van der Waals surface area contributed by atoms with Crippen molar-refractivity contribution in [3.63, 3.8) is 0 Å². The van der Waals surface area contributed by atoms with Gasteiger partial charge in [-0.3, -0.25) is 4.99 Å². The second kappa shape index (κ2) is 9.32. The molecule has 4 heterocycles. The van der Waals surface area contributed by atoms with E-state index in [2.05, 4.69) is 0 Å². The largest absolute Gasteiger partial charge is 0.405 e. The molecule has 3 aliphatic heterocycles. The third-order valence-electron chi connectivity index (χ3n) is 5.44. The molecule has 1 aromatic heterocycles. The summed E-state index contributed by atoms with van der Waals surface area (Å²) in [5.41, 5.74) is 2.73. The number of nitrogens with zero attached hydrogens (tertiary/aromatic N) is 4. The average molecular weight is 460 g/mol. The molecule has 0 unspecified atom stereocenters. The van der Waals surface area contributed by atoms with Gasteiger partial charge in [-0.25, -0.2) is 18.9 Å². The van der Waals surface area contributed by atoms with Crippen LogP contribution in [-0.4, -0.2) is 80.1 Å². The molecule has 8 nitrogen and oxygen atoms in total. The Hall–Kier alpha value is -1.87. The molecular formula is C21H25N4O4PS. The molecule has 0 saturated carbocycles. The highest BCUT2D eigenvalue weighted by Gasteiger charge is 2.42. The highest BCUT2D eigenvalue weighted by molar-refractivity contribution is 7.54. The zero-order chi connectivity index (χ0) is 21.1. The van der Waals surface area contributed by atoms with Crippen LogP contribution in [0.15, 0.2) is 51.8 Å². The van der Waals surface area contributed by atoms with Gasteiger partial charge in [0.05, 0.1) is 42.7 Å². The molecule has 2 saturated heterocycles. The lowest BCUT2D eigenvalue weighted by Crippen LogP contribution is -2.44. The first-order valence-electron chi connectivity index (χ1n) is 10.5. The Morgan fingerprint density at radius 3 is 2.23 bits per heavy atom. The molecule has 5 rings (SSSR count). The van der Waals surface area contributed by atoms with Crippen molar-refractivity contribution in [3.8, 4) is 0 Å². The predicted molar refractivity (Wildman–Crippen MR) is 122 cm³/mol. The fourth-order valence-electron chi connectivity index (χ4n) is 3.87. The zero-order valence-corrected chi connectivity index (χ0v) is 18.9. The first-order valence-corrected chi connectivity index (χ1v) is 12.9. The number of fused-ring (bicyclic) bond motifs is 1. The van der Waals surface area contributed by atoms with E-state index >= 15 is 0 Å². The van der Waals surface area contributed by atoms with E-state index in [0.29, 0.717) is 58.5 Å². The van der Waals surface area contributed by atoms with Crippen molar-refractivity contribution in [1.29, 1.82) is 0 Å². The predicted octanol–water partition coefficient (Wildman–Crippen LogP) is 3.42. The summed E-state index contributed by atoms with van der Waals surface area (Å²) in [4.78, 5) is 10.6. The number of hydrogen-bond acceptors (Lipinski definition) is 7. The summed E-state index contributed by atoms with van der Waals surface area (Å²) in [5.74, 6) is 0.381. The SMILES string of the molecule is O=P(OC1=Nc2ccsc2C(c2ccccc2)=NC1)(N1CCOCC1)N1CCOCC1. The Morgan fingerprint density at radius 2 is 1.58 bits per heavy atom. The summed E-state index contributed by atoms with van der Waals surface area (Å²) in [6.45, 7) is 4.63. The fourth-order valence-corrected chi connectivity index (χ4v) is 7.03. The Morgan fingerprint density at radius 1 is 0.935 bits per heavy atom. The number of morpholine rings is 2. The molecule has 164 valence electrons. The van der Waals surface area contributed by atoms with Gasteiger partial charge in [-0.05, 0) is 11.4 Å². The summed E-state index contributed by atoms with van der Waals surface area (Å²) >= 11 is 1.60. The molecule has 0 aliphatic carbocycles. The first kappa shape index (κ1) is 21.0. The van der Waals surface area contributed by atoms with Gasteiger partial charge in [0.1, 0.15) is 6.54 Å². The van der Waals surface area contributed by atoms with Crippen LogP contribution in [0.5, 0.6) is 0 Å². The number of benzene rings is 1. The van der Waals surface area contributed by atoms with Crippen molar-refractivity contribution in [3.05, 3.63) is 52.2 Å². The monoisotopic (exact) mass is 460 g/mol. The Balaban J connectivity index is 1.47. The van der Waals surface area contributed by atoms with Gasteiger partial charge in [-0.15, -0.1) is 11.3 Å². The number of aliphatic imine (C=N–C) groups is 2. The number of ether oxygens (including phenoxy) is 2. The minimum absolute atomic E-state index is 0.240. The second-order valence-electron chi connectivity index (χ2n) is 7.39. The van der Waals surface area contributed by atoms with E-state index in [1.165, 1.54) is 0 Å². The third-order valence-corrected chi connectivity index (χ3v) is 9.03. The van der Waals surface area contributed by atoms with Crippen LogP contribution < -0.4 is 0 Å². The summed E-state index contributed by atoms with van der Waals surface area (Å²) in [6.07, 6.45) is 0. The topological polar surface area (TPSA) is 76.0 Å². The van der Waals surface area contributed by atoms with E-state index in [-0.39, 0.29) is 6.54 Å². The summed E-state index contributed by atoms with van der Waals surface area (Å²) in [5, 5.41) is 2.00. The van der Waals surface area contributed by atoms with E-state index in [1.54, 1.807) is 11.3 Å². The Bertz CT molecular complexity index is 991. The summed E-state index contributed by atoms with van der Waals surface area (Å²) in [7, 11) is -3.33. The van der Waals surface area contributed by atoms with Crippen molar-refractivity contribution in [2.24, 2.45) is 9.98 Å². The van der Waals surface area contributed by atoms with Crippen molar-refractivity contribution in [1.82, 2.24) is 9.34 Å². The van der Waals surface area contributed by atoms with E-state index < -0.39 is 7.67 Å². The molecule has 3 aliphatic rings. The molecule has 0 N–H and O–H groups in total. The van der Waals surface area contributed by atoms with Crippen LogP contribution in [0.2, 0.25) is 0 Å². The van der Waals surface area contributed by atoms with Crippen LogP contribution in [0, 0.1) is 0 Å². The number of rotatable bonds is 4. The smallest absolute Gasteiger partial charge is 0.397 e. The van der Waals surface area contributed by atoms with Crippen molar-refractivity contribution < 1.29 is 18.6 Å². The quantitative estimate of drug-likeness (QED) is 0.651. The minimum Gasteiger partial charge on any atom is -0.405 e. The van der Waals surface area contributed by atoms with Gasteiger partial charge in [0.2, 0.25) is 5.90 Å². The summed E-state index contributed by atoms with van der Waals surface area (Å²) < 4.78 is 35.4. The van der Waals surface area contributed by atoms with Gasteiger partial charge in [-0.2, -0.15) is 0 Å². The van der Waals surface area contributed by atoms with Crippen LogP contribution in [0.3, 0.4) is 0 Å². The lowest BCUT2D eigenvalue weighted by atomic mass is 10.1. The molecule has 10 heteroatoms. The molecule has 2 fully saturated rings. The van der Waals surface area contributed by atoms with Gasteiger partial charge in [0.15, 0.2) is 0 Å². The van der Waals surface area contributed by atoms with Crippen molar-refractivity contribution >= 4 is 36.3 Å². The van der Waals surface area contributed by atoms with E-state index in [0.717, 1.165) is 21.8 Å². The summed E-state index contributed by atoms with van der Waals surface area (Å²) in [6, 6.07) is 12.0. The zero-order valence-electron chi connectivity index (χ0n) is 17.2. The number of hydrogen-bond donors (Lipinski definition) is 0. The third kappa shape index (κ3) is 4.39. The Labute approximate surface area is 185 Å². The van der Waals surface area contributed by atoms with Gasteiger partial charge >= 0.3 is 7.67 Å².